The van der Waals surface area contributed by atoms with Crippen LogP contribution in [-0.4, -0.2) is 18.4 Å². The Morgan fingerprint density at radius 1 is 1.67 bits per heavy atom. The van der Waals surface area contributed by atoms with Crippen molar-refractivity contribution in [1.29, 1.82) is 5.26 Å². The number of hydrogen-bond donors (Lipinski definition) is 0. The summed E-state index contributed by atoms with van der Waals surface area (Å²) in [4.78, 5) is 14.0. The maximum absolute atomic E-state index is 12.5. The number of pyridine rings is 1. The minimum Gasteiger partial charge on any atom is -0.496 e. The van der Waals surface area contributed by atoms with Crippen molar-refractivity contribution in [2.24, 2.45) is 0 Å². The largest absolute Gasteiger partial charge is 0.496 e. The van der Waals surface area contributed by atoms with Gasteiger partial charge in [-0.1, -0.05) is 0 Å². The maximum Gasteiger partial charge on any atom is 0.269 e. The molecule has 1 rings (SSSR count). The number of halogens is 2. The van der Waals surface area contributed by atoms with Gasteiger partial charge in [-0.05, 0) is 0 Å². The second-order valence-electron chi connectivity index (χ2n) is 2.54. The van der Waals surface area contributed by atoms with Crippen LogP contribution in [0.15, 0.2) is 6.07 Å². The fourth-order valence-electron chi connectivity index (χ4n) is 1.09. The Morgan fingerprint density at radius 3 is 2.73 bits per heavy atom. The number of ether oxygens (including phenoxy) is 1. The van der Waals surface area contributed by atoms with Gasteiger partial charge in [-0.15, -0.1) is 0 Å². The lowest BCUT2D eigenvalue weighted by atomic mass is 10.1. The average molecular weight is 212 g/mol. The van der Waals surface area contributed by atoms with Gasteiger partial charge in [-0.3, -0.25) is 4.79 Å². The van der Waals surface area contributed by atoms with E-state index >= 15 is 0 Å². The first-order chi connectivity index (χ1) is 7.13. The van der Waals surface area contributed by atoms with Crippen LogP contribution in [0.2, 0.25) is 0 Å². The van der Waals surface area contributed by atoms with Crippen LogP contribution in [0.5, 0.6) is 5.75 Å². The zero-order valence-corrected chi connectivity index (χ0v) is 7.70. The number of nitrogens with zero attached hydrogens (tertiary/aromatic N) is 2. The Labute approximate surface area is 84.1 Å². The van der Waals surface area contributed by atoms with Crippen LogP contribution in [0.4, 0.5) is 8.78 Å². The fourth-order valence-corrected chi connectivity index (χ4v) is 1.09. The highest BCUT2D eigenvalue weighted by atomic mass is 19.3. The van der Waals surface area contributed by atoms with Gasteiger partial charge in [-0.2, -0.15) is 5.26 Å². The molecular formula is C9H6F2N2O2. The molecular weight excluding hydrogens is 206 g/mol. The number of hydrogen-bond acceptors (Lipinski definition) is 4. The third-order valence-electron chi connectivity index (χ3n) is 1.71. The number of rotatable bonds is 3. The van der Waals surface area contributed by atoms with Crippen LogP contribution in [0.25, 0.3) is 0 Å². The van der Waals surface area contributed by atoms with Gasteiger partial charge >= 0.3 is 0 Å². The molecule has 1 heterocycles. The van der Waals surface area contributed by atoms with Crippen molar-refractivity contribution >= 4 is 6.29 Å². The van der Waals surface area contributed by atoms with Crippen LogP contribution in [-0.2, 0) is 0 Å². The molecule has 0 bridgehead atoms. The van der Waals surface area contributed by atoms with Gasteiger partial charge in [0.05, 0.1) is 12.7 Å². The molecule has 6 heteroatoms. The lowest BCUT2D eigenvalue weighted by Gasteiger charge is -2.09. The van der Waals surface area contributed by atoms with Crippen molar-refractivity contribution in [2.75, 3.05) is 7.11 Å². The topological polar surface area (TPSA) is 63.0 Å². The third-order valence-corrected chi connectivity index (χ3v) is 1.71. The summed E-state index contributed by atoms with van der Waals surface area (Å²) in [5, 5.41) is 8.54. The smallest absolute Gasteiger partial charge is 0.269 e. The zero-order chi connectivity index (χ0) is 11.4. The van der Waals surface area contributed by atoms with Gasteiger partial charge in [0.2, 0.25) is 0 Å². The van der Waals surface area contributed by atoms with Gasteiger partial charge in [0.25, 0.3) is 6.43 Å². The van der Waals surface area contributed by atoms with E-state index in [0.717, 1.165) is 6.07 Å². The SMILES string of the molecule is COc1cc(C#N)nc(C=O)c1C(F)F. The average Bonchev–Trinajstić information content (AvgIpc) is 2.26. The minimum atomic E-state index is -2.87. The van der Waals surface area contributed by atoms with Crippen LogP contribution in [0.1, 0.15) is 28.2 Å². The molecule has 0 aliphatic rings. The first kappa shape index (κ1) is 11.0. The minimum absolute atomic E-state index is 0.140. The van der Waals surface area contributed by atoms with Gasteiger partial charge in [0.1, 0.15) is 23.2 Å². The number of methoxy groups -OCH3 is 1. The first-order valence-corrected chi connectivity index (χ1v) is 3.86. The Balaban J connectivity index is 3.47. The summed E-state index contributed by atoms with van der Waals surface area (Å²) in [5.41, 5.74) is -1.20. The number of alkyl halides is 2. The molecule has 0 saturated heterocycles. The van der Waals surface area contributed by atoms with Crippen molar-refractivity contribution < 1.29 is 18.3 Å². The molecule has 15 heavy (non-hydrogen) atoms. The Kier molecular flexibility index (Phi) is 3.29. The van der Waals surface area contributed by atoms with Gasteiger partial charge < -0.3 is 4.74 Å². The van der Waals surface area contributed by atoms with E-state index in [4.69, 9.17) is 5.26 Å². The summed E-state index contributed by atoms with van der Waals surface area (Å²) in [6, 6.07) is 2.71. The summed E-state index contributed by atoms with van der Waals surface area (Å²) in [7, 11) is 1.18. The van der Waals surface area contributed by atoms with Gasteiger partial charge in [0, 0.05) is 6.07 Å². The Hall–Kier alpha value is -2.03. The van der Waals surface area contributed by atoms with E-state index in [1.54, 1.807) is 6.07 Å². The summed E-state index contributed by atoms with van der Waals surface area (Å²) in [6.45, 7) is 0. The van der Waals surface area contributed by atoms with E-state index in [9.17, 15) is 13.6 Å². The number of carbonyl (C=O) groups excluding carboxylic acids is 1. The molecule has 0 unspecified atom stereocenters. The fraction of sp³-hybridized carbons (Fsp3) is 0.222. The molecule has 0 atom stereocenters. The number of nitriles is 1. The summed E-state index contributed by atoms with van der Waals surface area (Å²) >= 11 is 0. The summed E-state index contributed by atoms with van der Waals surface area (Å²) in [6.07, 6.45) is -2.70. The van der Waals surface area contributed by atoms with E-state index in [1.165, 1.54) is 7.11 Å². The first-order valence-electron chi connectivity index (χ1n) is 3.86. The molecule has 0 N–H and O–H groups in total. The Morgan fingerprint density at radius 2 is 2.33 bits per heavy atom. The quantitative estimate of drug-likeness (QED) is 0.715. The van der Waals surface area contributed by atoms with E-state index in [1.807, 2.05) is 0 Å². The molecule has 0 spiro atoms. The van der Waals surface area contributed by atoms with E-state index in [-0.39, 0.29) is 17.7 Å². The van der Waals surface area contributed by atoms with Crippen LogP contribution >= 0.6 is 0 Å². The normalized spacial score (nSPS) is 9.80. The molecule has 0 radical (unpaired) electrons. The lowest BCUT2D eigenvalue weighted by Crippen LogP contribution is -2.03. The monoisotopic (exact) mass is 212 g/mol. The molecule has 0 amide bonds. The van der Waals surface area contributed by atoms with E-state index < -0.39 is 17.7 Å². The molecule has 78 valence electrons. The highest BCUT2D eigenvalue weighted by Gasteiger charge is 2.21. The summed E-state index contributed by atoms with van der Waals surface area (Å²) in [5.74, 6) is -0.210. The summed E-state index contributed by atoms with van der Waals surface area (Å²) < 4.78 is 29.7. The van der Waals surface area contributed by atoms with Crippen LogP contribution in [0, 0.1) is 11.3 Å². The third kappa shape index (κ3) is 2.07. The van der Waals surface area contributed by atoms with E-state index in [2.05, 4.69) is 9.72 Å². The van der Waals surface area contributed by atoms with E-state index in [0.29, 0.717) is 0 Å². The Bertz CT molecular complexity index is 427. The predicted molar refractivity (Wildman–Crippen MR) is 45.8 cm³/mol. The highest BCUT2D eigenvalue weighted by Crippen LogP contribution is 2.31. The molecule has 0 fully saturated rings. The molecule has 0 aliphatic carbocycles. The maximum atomic E-state index is 12.5. The van der Waals surface area contributed by atoms with Gasteiger partial charge in [-0.25, -0.2) is 13.8 Å². The predicted octanol–water partition coefficient (Wildman–Crippen LogP) is 1.71. The van der Waals surface area contributed by atoms with Crippen LogP contribution in [0.3, 0.4) is 0 Å². The second-order valence-corrected chi connectivity index (χ2v) is 2.54. The van der Waals surface area contributed by atoms with Crippen molar-refractivity contribution in [1.82, 2.24) is 4.98 Å². The molecule has 0 saturated carbocycles. The van der Waals surface area contributed by atoms with Crippen molar-refractivity contribution in [2.45, 2.75) is 6.43 Å². The number of carbonyl (C=O) groups is 1. The molecule has 1 aromatic rings. The van der Waals surface area contributed by atoms with Crippen molar-refractivity contribution in [3.8, 4) is 11.8 Å². The van der Waals surface area contributed by atoms with Crippen LogP contribution < -0.4 is 4.74 Å². The highest BCUT2D eigenvalue weighted by molar-refractivity contribution is 5.76. The number of aromatic nitrogens is 1. The van der Waals surface area contributed by atoms with Crippen molar-refractivity contribution in [3.05, 3.63) is 23.0 Å². The van der Waals surface area contributed by atoms with Gasteiger partial charge in [0.15, 0.2) is 6.29 Å². The molecule has 4 nitrogen and oxygen atoms in total. The number of aldehydes is 1. The zero-order valence-electron chi connectivity index (χ0n) is 7.70. The molecule has 0 aliphatic heterocycles. The molecule has 1 aromatic heterocycles. The van der Waals surface area contributed by atoms with Crippen molar-refractivity contribution in [3.63, 3.8) is 0 Å². The standard InChI is InChI=1S/C9H6F2N2O2/c1-15-7-2-5(3-12)13-6(4-14)8(7)9(10)11/h2,4,9H,1H3. The molecule has 0 aromatic carbocycles. The second kappa shape index (κ2) is 4.46. The lowest BCUT2D eigenvalue weighted by molar-refractivity contribution is 0.109.